The fourth-order valence-electron chi connectivity index (χ4n) is 2.99. The van der Waals surface area contributed by atoms with E-state index in [1.54, 1.807) is 6.92 Å². The van der Waals surface area contributed by atoms with E-state index in [1.165, 1.54) is 0 Å². The van der Waals surface area contributed by atoms with E-state index in [0.29, 0.717) is 18.7 Å². The Morgan fingerprint density at radius 2 is 1.73 bits per heavy atom. The van der Waals surface area contributed by atoms with Crippen molar-refractivity contribution in [2.75, 3.05) is 11.9 Å². The van der Waals surface area contributed by atoms with Gasteiger partial charge in [0.15, 0.2) is 0 Å². The predicted molar refractivity (Wildman–Crippen MR) is 81.3 cm³/mol. The second-order valence-electron chi connectivity index (χ2n) is 6.55. The highest BCUT2D eigenvalue weighted by atomic mass is 19.4. The molecule has 1 aliphatic rings. The Morgan fingerprint density at radius 1 is 1.19 bits per heavy atom. The molecule has 0 bridgehead atoms. The van der Waals surface area contributed by atoms with Gasteiger partial charge in [0.1, 0.15) is 0 Å². The number of piperidine rings is 1. The van der Waals surface area contributed by atoms with Gasteiger partial charge in [-0.15, -0.1) is 0 Å². The van der Waals surface area contributed by atoms with Crippen LogP contribution in [0.4, 0.5) is 32.0 Å². The van der Waals surface area contributed by atoms with E-state index in [1.807, 2.05) is 5.32 Å². The highest BCUT2D eigenvalue weighted by Gasteiger charge is 2.38. The number of hydrogen-bond donors (Lipinski definition) is 3. The Labute approximate surface area is 145 Å². The fraction of sp³-hybridized carbons (Fsp3) is 0.562. The molecule has 1 heterocycles. The first kappa shape index (κ1) is 20.5. The number of carbonyl (C=O) groups excluding carboxylic acids is 1. The number of benzene rings is 1. The van der Waals surface area contributed by atoms with Crippen LogP contribution >= 0.6 is 0 Å². The zero-order valence-electron chi connectivity index (χ0n) is 13.8. The molecule has 1 aliphatic heterocycles. The molecule has 0 aliphatic carbocycles. The summed E-state index contributed by atoms with van der Waals surface area (Å²) < 4.78 is 76.9. The SMILES string of the molecule is CC1CC(O)(CC(=O)Nc2cc(C(F)(F)F)cc(C(F)(F)F)c2)CCN1. The summed E-state index contributed by atoms with van der Waals surface area (Å²) in [6.07, 6.45) is -9.92. The third-order valence-corrected chi connectivity index (χ3v) is 4.13. The van der Waals surface area contributed by atoms with Crippen LogP contribution in [0.3, 0.4) is 0 Å². The van der Waals surface area contributed by atoms with Crippen LogP contribution in [0.15, 0.2) is 18.2 Å². The minimum atomic E-state index is -5.00. The minimum Gasteiger partial charge on any atom is -0.389 e. The molecule has 10 heteroatoms. The molecule has 0 aromatic heterocycles. The van der Waals surface area contributed by atoms with Crippen molar-refractivity contribution in [1.29, 1.82) is 0 Å². The van der Waals surface area contributed by atoms with E-state index < -0.39 is 47.1 Å². The van der Waals surface area contributed by atoms with Crippen LogP contribution in [0.1, 0.15) is 37.3 Å². The van der Waals surface area contributed by atoms with E-state index in [9.17, 15) is 36.2 Å². The van der Waals surface area contributed by atoms with Crippen LogP contribution in [0, 0.1) is 0 Å². The second-order valence-corrected chi connectivity index (χ2v) is 6.55. The number of halogens is 6. The minimum absolute atomic E-state index is 0.0162. The van der Waals surface area contributed by atoms with Crippen molar-refractivity contribution >= 4 is 11.6 Å². The van der Waals surface area contributed by atoms with Crippen molar-refractivity contribution in [3.8, 4) is 0 Å². The van der Waals surface area contributed by atoms with Gasteiger partial charge in [0.2, 0.25) is 5.91 Å². The molecule has 2 atom stereocenters. The van der Waals surface area contributed by atoms with Crippen molar-refractivity contribution in [3.63, 3.8) is 0 Å². The summed E-state index contributed by atoms with van der Waals surface area (Å²) in [5, 5.41) is 15.5. The van der Waals surface area contributed by atoms with Crippen molar-refractivity contribution in [2.24, 2.45) is 0 Å². The van der Waals surface area contributed by atoms with Crippen molar-refractivity contribution in [2.45, 2.75) is 50.2 Å². The quantitative estimate of drug-likeness (QED) is 0.699. The van der Waals surface area contributed by atoms with Crippen molar-refractivity contribution in [1.82, 2.24) is 5.32 Å². The van der Waals surface area contributed by atoms with E-state index in [2.05, 4.69) is 5.32 Å². The van der Waals surface area contributed by atoms with Crippen LogP contribution in [0.2, 0.25) is 0 Å². The van der Waals surface area contributed by atoms with Crippen molar-refractivity contribution < 1.29 is 36.2 Å². The summed E-state index contributed by atoms with van der Waals surface area (Å²) in [6, 6.07) is 0.786. The first-order chi connectivity index (χ1) is 11.8. The largest absolute Gasteiger partial charge is 0.416 e. The average molecular weight is 384 g/mol. The smallest absolute Gasteiger partial charge is 0.389 e. The maximum atomic E-state index is 12.8. The maximum absolute atomic E-state index is 12.8. The highest BCUT2D eigenvalue weighted by molar-refractivity contribution is 5.91. The molecule has 3 N–H and O–H groups in total. The van der Waals surface area contributed by atoms with Crippen LogP contribution in [-0.4, -0.2) is 29.2 Å². The van der Waals surface area contributed by atoms with E-state index in [0.717, 1.165) is 0 Å². The zero-order valence-corrected chi connectivity index (χ0v) is 13.8. The maximum Gasteiger partial charge on any atom is 0.416 e. The van der Waals surface area contributed by atoms with Gasteiger partial charge in [0, 0.05) is 11.7 Å². The number of rotatable bonds is 3. The lowest BCUT2D eigenvalue weighted by molar-refractivity contribution is -0.143. The number of aliphatic hydroxyl groups is 1. The molecule has 0 radical (unpaired) electrons. The summed E-state index contributed by atoms with van der Waals surface area (Å²) in [5.41, 5.74) is -5.01. The standard InChI is InChI=1S/C16H18F6N2O2/c1-9-7-14(26,2-3-23-9)8-13(25)24-12-5-10(15(17,18)19)4-11(6-12)16(20,21)22/h4-6,9,23,26H,2-3,7-8H2,1H3,(H,24,25). The average Bonchev–Trinajstić information content (AvgIpc) is 2.43. The molecule has 26 heavy (non-hydrogen) atoms. The molecule has 4 nitrogen and oxygen atoms in total. The monoisotopic (exact) mass is 384 g/mol. The molecule has 1 fully saturated rings. The van der Waals surface area contributed by atoms with Gasteiger partial charge >= 0.3 is 12.4 Å². The Morgan fingerprint density at radius 3 is 2.19 bits per heavy atom. The summed E-state index contributed by atoms with van der Waals surface area (Å²) in [7, 11) is 0. The molecular formula is C16H18F6N2O2. The van der Waals surface area contributed by atoms with Gasteiger partial charge in [0.05, 0.1) is 23.1 Å². The summed E-state index contributed by atoms with van der Waals surface area (Å²) in [6.45, 7) is 2.25. The van der Waals surface area contributed by atoms with E-state index in [-0.39, 0.29) is 24.9 Å². The molecule has 1 saturated heterocycles. The number of amides is 1. The third kappa shape index (κ3) is 5.34. The van der Waals surface area contributed by atoms with Gasteiger partial charge in [-0.2, -0.15) is 26.3 Å². The van der Waals surface area contributed by atoms with Gasteiger partial charge in [-0.1, -0.05) is 0 Å². The molecular weight excluding hydrogens is 366 g/mol. The molecule has 146 valence electrons. The van der Waals surface area contributed by atoms with Gasteiger partial charge in [0.25, 0.3) is 0 Å². The predicted octanol–water partition coefficient (Wildman–Crippen LogP) is 3.56. The van der Waals surface area contributed by atoms with Gasteiger partial charge in [-0.05, 0) is 44.5 Å². The fourth-order valence-corrected chi connectivity index (χ4v) is 2.99. The van der Waals surface area contributed by atoms with Gasteiger partial charge < -0.3 is 15.7 Å². The van der Waals surface area contributed by atoms with E-state index >= 15 is 0 Å². The Bertz CT molecular complexity index is 641. The van der Waals surface area contributed by atoms with Crippen LogP contribution in [-0.2, 0) is 17.1 Å². The van der Waals surface area contributed by atoms with Crippen LogP contribution in [0.25, 0.3) is 0 Å². The molecule has 0 saturated carbocycles. The molecule has 1 amide bonds. The second kappa shape index (κ2) is 7.07. The first-order valence-corrected chi connectivity index (χ1v) is 7.84. The summed E-state index contributed by atoms with van der Waals surface area (Å²) in [4.78, 5) is 12.1. The summed E-state index contributed by atoms with van der Waals surface area (Å²) >= 11 is 0. The number of alkyl halides is 6. The normalized spacial score (nSPS) is 24.4. The molecule has 0 spiro atoms. The number of hydrogen-bond acceptors (Lipinski definition) is 3. The molecule has 1 aromatic carbocycles. The lowest BCUT2D eigenvalue weighted by Gasteiger charge is -2.35. The number of carbonyl (C=O) groups is 1. The number of nitrogens with one attached hydrogen (secondary N) is 2. The zero-order chi connectivity index (χ0) is 19.8. The Kier molecular flexibility index (Phi) is 5.57. The lowest BCUT2D eigenvalue weighted by Crippen LogP contribution is -2.48. The van der Waals surface area contributed by atoms with Gasteiger partial charge in [-0.3, -0.25) is 4.79 Å². The number of anilines is 1. The Hall–Kier alpha value is -1.81. The molecule has 2 unspecified atom stereocenters. The molecule has 2 rings (SSSR count). The van der Waals surface area contributed by atoms with E-state index in [4.69, 9.17) is 0 Å². The highest BCUT2D eigenvalue weighted by Crippen LogP contribution is 2.37. The topological polar surface area (TPSA) is 61.4 Å². The van der Waals surface area contributed by atoms with Crippen LogP contribution < -0.4 is 10.6 Å². The lowest BCUT2D eigenvalue weighted by atomic mass is 9.85. The van der Waals surface area contributed by atoms with Gasteiger partial charge in [-0.25, -0.2) is 0 Å². The third-order valence-electron chi connectivity index (χ3n) is 4.13. The van der Waals surface area contributed by atoms with Crippen LogP contribution in [0.5, 0.6) is 0 Å². The Balaban J connectivity index is 2.21. The molecule has 1 aromatic rings. The van der Waals surface area contributed by atoms with Crippen molar-refractivity contribution in [3.05, 3.63) is 29.3 Å². The summed E-state index contributed by atoms with van der Waals surface area (Å²) in [5.74, 6) is -0.853. The first-order valence-electron chi connectivity index (χ1n) is 7.84.